The predicted molar refractivity (Wildman–Crippen MR) is 68.6 cm³/mol. The molecule has 3 N–H and O–H groups in total. The van der Waals surface area contributed by atoms with Gasteiger partial charge in [-0.25, -0.2) is 0 Å². The third-order valence-corrected chi connectivity index (χ3v) is 2.39. The summed E-state index contributed by atoms with van der Waals surface area (Å²) in [4.78, 5) is 0. The zero-order valence-electron chi connectivity index (χ0n) is 10.6. The molecule has 0 saturated carbocycles. The van der Waals surface area contributed by atoms with Gasteiger partial charge in [-0.3, -0.25) is 0 Å². The molecule has 0 aliphatic carbocycles. The number of rotatable bonds is 9. The van der Waals surface area contributed by atoms with Gasteiger partial charge in [-0.05, 0) is 17.7 Å². The van der Waals surface area contributed by atoms with E-state index in [1.807, 2.05) is 12.1 Å². The van der Waals surface area contributed by atoms with E-state index >= 15 is 0 Å². The lowest BCUT2D eigenvalue weighted by Crippen LogP contribution is -2.33. The first-order valence-electron chi connectivity index (χ1n) is 5.96. The molecule has 1 unspecified atom stereocenters. The Labute approximate surface area is 107 Å². The van der Waals surface area contributed by atoms with Crippen LogP contribution in [0.3, 0.4) is 0 Å². The van der Waals surface area contributed by atoms with Gasteiger partial charge in [0.05, 0.1) is 13.2 Å². The fourth-order valence-corrected chi connectivity index (χ4v) is 1.43. The van der Waals surface area contributed by atoms with E-state index in [-0.39, 0.29) is 13.2 Å². The summed E-state index contributed by atoms with van der Waals surface area (Å²) in [5, 5.41) is 21.7. The number of hydrogen-bond acceptors (Lipinski definition) is 5. The number of benzene rings is 1. The van der Waals surface area contributed by atoms with Crippen LogP contribution in [0.15, 0.2) is 24.3 Å². The summed E-state index contributed by atoms with van der Waals surface area (Å²) in [6, 6.07) is 7.18. The monoisotopic (exact) mass is 255 g/mol. The molecule has 0 spiro atoms. The zero-order valence-corrected chi connectivity index (χ0v) is 10.6. The van der Waals surface area contributed by atoms with Crippen LogP contribution in [-0.4, -0.2) is 49.7 Å². The minimum atomic E-state index is -0.570. The fraction of sp³-hybridized carbons (Fsp3) is 0.538. The van der Waals surface area contributed by atoms with Crippen molar-refractivity contribution in [3.05, 3.63) is 29.8 Å². The molecule has 1 aromatic rings. The molecule has 0 saturated heterocycles. The average Bonchev–Trinajstić information content (AvgIpc) is 2.41. The maximum Gasteiger partial charge on any atom is 0.119 e. The van der Waals surface area contributed by atoms with Gasteiger partial charge in [-0.1, -0.05) is 12.1 Å². The Bertz CT molecular complexity index is 333. The largest absolute Gasteiger partial charge is 0.491 e. The molecule has 18 heavy (non-hydrogen) atoms. The van der Waals surface area contributed by atoms with Gasteiger partial charge in [0, 0.05) is 20.2 Å². The van der Waals surface area contributed by atoms with Crippen LogP contribution in [0.4, 0.5) is 0 Å². The number of nitrogens with one attached hydrogen (secondary N) is 1. The van der Waals surface area contributed by atoms with Gasteiger partial charge in [-0.2, -0.15) is 0 Å². The summed E-state index contributed by atoms with van der Waals surface area (Å²) in [5.41, 5.74) is 0.792. The molecule has 0 aliphatic heterocycles. The summed E-state index contributed by atoms with van der Waals surface area (Å²) in [5.74, 6) is 0.650. The highest BCUT2D eigenvalue weighted by Crippen LogP contribution is 2.13. The van der Waals surface area contributed by atoms with E-state index in [0.29, 0.717) is 25.4 Å². The van der Waals surface area contributed by atoms with Crippen LogP contribution in [0, 0.1) is 0 Å². The smallest absolute Gasteiger partial charge is 0.119 e. The number of ether oxygens (including phenoxy) is 2. The van der Waals surface area contributed by atoms with Gasteiger partial charge in [0.2, 0.25) is 0 Å². The molecule has 1 atom stereocenters. The Morgan fingerprint density at radius 3 is 2.94 bits per heavy atom. The minimum absolute atomic E-state index is 0.0155. The first kappa shape index (κ1) is 14.9. The van der Waals surface area contributed by atoms with Crippen molar-refractivity contribution in [3.8, 4) is 5.75 Å². The van der Waals surface area contributed by atoms with Gasteiger partial charge in [0.1, 0.15) is 18.5 Å². The van der Waals surface area contributed by atoms with Gasteiger partial charge in [-0.15, -0.1) is 0 Å². The summed E-state index contributed by atoms with van der Waals surface area (Å²) in [6.07, 6.45) is -0.570. The third kappa shape index (κ3) is 5.97. The van der Waals surface area contributed by atoms with Crippen LogP contribution >= 0.6 is 0 Å². The van der Waals surface area contributed by atoms with Crippen molar-refractivity contribution in [1.29, 1.82) is 0 Å². The molecule has 102 valence electrons. The van der Waals surface area contributed by atoms with Crippen LogP contribution in [0.5, 0.6) is 5.75 Å². The normalized spacial score (nSPS) is 12.4. The maximum atomic E-state index is 9.66. The second-order valence-electron chi connectivity index (χ2n) is 3.97. The second kappa shape index (κ2) is 8.88. The molecule has 0 radical (unpaired) electrons. The van der Waals surface area contributed by atoms with Crippen molar-refractivity contribution in [2.45, 2.75) is 12.7 Å². The molecule has 1 aromatic carbocycles. The van der Waals surface area contributed by atoms with Crippen molar-refractivity contribution in [2.24, 2.45) is 0 Å². The summed E-state index contributed by atoms with van der Waals surface area (Å²) < 4.78 is 10.3. The van der Waals surface area contributed by atoms with Crippen LogP contribution in [0.25, 0.3) is 0 Å². The third-order valence-electron chi connectivity index (χ3n) is 2.39. The van der Waals surface area contributed by atoms with Crippen LogP contribution in [0.2, 0.25) is 0 Å². The second-order valence-corrected chi connectivity index (χ2v) is 3.97. The van der Waals surface area contributed by atoms with Crippen molar-refractivity contribution in [1.82, 2.24) is 5.32 Å². The molecule has 0 aromatic heterocycles. The molecule has 1 rings (SSSR count). The Hall–Kier alpha value is -1.14. The first-order chi connectivity index (χ1) is 8.76. The number of aliphatic hydroxyl groups excluding tert-OH is 2. The fourth-order valence-electron chi connectivity index (χ4n) is 1.43. The summed E-state index contributed by atoms with van der Waals surface area (Å²) >= 11 is 0. The topological polar surface area (TPSA) is 71.0 Å². The molecule has 0 aliphatic rings. The van der Waals surface area contributed by atoms with E-state index in [2.05, 4.69) is 5.32 Å². The molecule has 0 bridgehead atoms. The number of aliphatic hydroxyl groups is 2. The van der Waals surface area contributed by atoms with Crippen molar-refractivity contribution < 1.29 is 19.7 Å². The Morgan fingerprint density at radius 2 is 2.22 bits per heavy atom. The molecule has 5 nitrogen and oxygen atoms in total. The lowest BCUT2D eigenvalue weighted by molar-refractivity contribution is 0.103. The molecule has 0 fully saturated rings. The van der Waals surface area contributed by atoms with Crippen molar-refractivity contribution >= 4 is 0 Å². The highest BCUT2D eigenvalue weighted by Gasteiger charge is 2.04. The van der Waals surface area contributed by atoms with E-state index in [1.165, 1.54) is 0 Å². The predicted octanol–water partition coefficient (Wildman–Crippen LogP) is 0.155. The molecule has 0 amide bonds. The van der Waals surface area contributed by atoms with Crippen molar-refractivity contribution in [3.63, 3.8) is 0 Å². The highest BCUT2D eigenvalue weighted by molar-refractivity contribution is 5.27. The SMILES string of the molecule is COCCNCC(O)COc1cccc(CO)c1. The summed E-state index contributed by atoms with van der Waals surface area (Å²) in [6.45, 7) is 1.98. The number of hydrogen-bond donors (Lipinski definition) is 3. The Balaban J connectivity index is 2.22. The molecule has 0 heterocycles. The highest BCUT2D eigenvalue weighted by atomic mass is 16.5. The molecular weight excluding hydrogens is 234 g/mol. The van der Waals surface area contributed by atoms with Crippen LogP contribution in [0.1, 0.15) is 5.56 Å². The Morgan fingerprint density at radius 1 is 1.39 bits per heavy atom. The van der Waals surface area contributed by atoms with Crippen molar-refractivity contribution in [2.75, 3.05) is 33.4 Å². The minimum Gasteiger partial charge on any atom is -0.491 e. The maximum absolute atomic E-state index is 9.66. The van der Waals surface area contributed by atoms with E-state index in [1.54, 1.807) is 19.2 Å². The first-order valence-corrected chi connectivity index (χ1v) is 5.96. The quantitative estimate of drug-likeness (QED) is 0.548. The van der Waals surface area contributed by atoms with Gasteiger partial charge in [0.25, 0.3) is 0 Å². The van der Waals surface area contributed by atoms with Crippen LogP contribution in [-0.2, 0) is 11.3 Å². The van der Waals surface area contributed by atoms with E-state index in [0.717, 1.165) is 5.56 Å². The van der Waals surface area contributed by atoms with Gasteiger partial charge < -0.3 is 25.0 Å². The van der Waals surface area contributed by atoms with E-state index < -0.39 is 6.10 Å². The standard InChI is InChI=1S/C13H21NO4/c1-17-6-5-14-8-12(16)10-18-13-4-2-3-11(7-13)9-15/h2-4,7,12,14-16H,5-6,8-10H2,1H3. The van der Waals surface area contributed by atoms with Gasteiger partial charge >= 0.3 is 0 Å². The van der Waals surface area contributed by atoms with Gasteiger partial charge in [0.15, 0.2) is 0 Å². The lowest BCUT2D eigenvalue weighted by Gasteiger charge is -2.13. The zero-order chi connectivity index (χ0) is 13.2. The Kier molecular flexibility index (Phi) is 7.36. The molecule has 5 heteroatoms. The molecular formula is C13H21NO4. The summed E-state index contributed by atoms with van der Waals surface area (Å²) in [7, 11) is 1.63. The van der Waals surface area contributed by atoms with E-state index in [4.69, 9.17) is 14.6 Å². The van der Waals surface area contributed by atoms with Crippen LogP contribution < -0.4 is 10.1 Å². The lowest BCUT2D eigenvalue weighted by atomic mass is 10.2. The van der Waals surface area contributed by atoms with E-state index in [9.17, 15) is 5.11 Å². The average molecular weight is 255 g/mol. The number of methoxy groups -OCH3 is 1.